The van der Waals surface area contributed by atoms with Crippen LogP contribution in [0.25, 0.3) is 6.08 Å². The number of urea groups is 1. The molecule has 0 aromatic heterocycles. The maximum Gasteiger partial charge on any atom is 0.344 e. The van der Waals surface area contributed by atoms with Gasteiger partial charge in [0.15, 0.2) is 6.61 Å². The topological polar surface area (TPSA) is 105 Å². The summed E-state index contributed by atoms with van der Waals surface area (Å²) in [5, 5.41) is 3.33. The Morgan fingerprint density at radius 1 is 1.28 bits per heavy atom. The van der Waals surface area contributed by atoms with E-state index in [4.69, 9.17) is 4.74 Å². The second-order valence-corrected chi connectivity index (χ2v) is 7.36. The van der Waals surface area contributed by atoms with Gasteiger partial charge in [-0.3, -0.25) is 15.0 Å². The lowest BCUT2D eigenvalue weighted by atomic mass is 9.77. The number of hydrazine groups is 1. The molecule has 1 aromatic rings. The fourth-order valence-corrected chi connectivity index (χ4v) is 3.40. The van der Waals surface area contributed by atoms with Crippen LogP contribution in [0.1, 0.15) is 38.2 Å². The number of amides is 4. The van der Waals surface area contributed by atoms with Crippen LogP contribution >= 0.6 is 0 Å². The Kier molecular flexibility index (Phi) is 5.95. The van der Waals surface area contributed by atoms with Crippen LogP contribution in [0.3, 0.4) is 0 Å². The third-order valence-corrected chi connectivity index (χ3v) is 5.15. The number of ether oxygens (including phenoxy) is 1. The van der Waals surface area contributed by atoms with Crippen molar-refractivity contribution in [3.63, 3.8) is 0 Å². The zero-order chi connectivity index (χ0) is 21.0. The van der Waals surface area contributed by atoms with Crippen molar-refractivity contribution in [3.8, 4) is 0 Å². The summed E-state index contributed by atoms with van der Waals surface area (Å²) >= 11 is 0. The predicted octanol–water partition coefficient (Wildman–Crippen LogP) is 1.91. The molecule has 4 amide bonds. The van der Waals surface area contributed by atoms with E-state index in [-0.39, 0.29) is 0 Å². The molecule has 1 saturated heterocycles. The highest BCUT2D eigenvalue weighted by molar-refractivity contribution is 6.08. The Hall–Kier alpha value is -3.23. The molecule has 1 aromatic carbocycles. The first-order valence-corrected chi connectivity index (χ1v) is 9.36. The lowest BCUT2D eigenvalue weighted by Crippen LogP contribution is -2.52. The highest BCUT2D eigenvalue weighted by atomic mass is 19.1. The van der Waals surface area contributed by atoms with Crippen molar-refractivity contribution in [1.29, 1.82) is 0 Å². The summed E-state index contributed by atoms with van der Waals surface area (Å²) in [4.78, 5) is 48.5. The molecule has 8 nitrogen and oxygen atoms in total. The number of carbonyl (C=O) groups is 4. The Morgan fingerprint density at radius 3 is 2.59 bits per heavy atom. The number of esters is 1. The molecule has 1 heterocycles. The van der Waals surface area contributed by atoms with Crippen LogP contribution in [0.4, 0.5) is 9.18 Å². The Bertz CT molecular complexity index is 844. The van der Waals surface area contributed by atoms with Gasteiger partial charge in [-0.05, 0) is 55.4 Å². The van der Waals surface area contributed by atoms with Crippen LogP contribution in [0.2, 0.25) is 0 Å². The number of imide groups is 1. The highest BCUT2D eigenvalue weighted by Gasteiger charge is 2.52. The summed E-state index contributed by atoms with van der Waals surface area (Å²) in [5.74, 6) is -2.01. The second kappa shape index (κ2) is 8.42. The number of benzene rings is 1. The summed E-state index contributed by atoms with van der Waals surface area (Å²) in [6.45, 7) is 1.43. The summed E-state index contributed by atoms with van der Waals surface area (Å²) in [6.07, 6.45) is 5.16. The third kappa shape index (κ3) is 4.79. The van der Waals surface area contributed by atoms with Crippen LogP contribution in [0, 0.1) is 11.7 Å². The summed E-state index contributed by atoms with van der Waals surface area (Å²) in [5.41, 5.74) is 1.80. The van der Waals surface area contributed by atoms with Gasteiger partial charge >= 0.3 is 12.0 Å². The van der Waals surface area contributed by atoms with E-state index >= 15 is 0 Å². The minimum Gasteiger partial charge on any atom is -0.452 e. The van der Waals surface area contributed by atoms with Gasteiger partial charge in [-0.25, -0.2) is 14.0 Å². The molecule has 2 aliphatic rings. The minimum absolute atomic E-state index is 0.397. The first-order valence-electron chi connectivity index (χ1n) is 9.36. The van der Waals surface area contributed by atoms with Crippen molar-refractivity contribution in [3.05, 3.63) is 41.7 Å². The minimum atomic E-state index is -0.967. The van der Waals surface area contributed by atoms with Gasteiger partial charge in [0.25, 0.3) is 11.8 Å². The van der Waals surface area contributed by atoms with Crippen LogP contribution in [-0.2, 0) is 19.1 Å². The number of rotatable bonds is 5. The van der Waals surface area contributed by atoms with Crippen molar-refractivity contribution >= 4 is 29.9 Å². The van der Waals surface area contributed by atoms with E-state index in [0.717, 1.165) is 18.9 Å². The van der Waals surface area contributed by atoms with Gasteiger partial charge in [0.05, 0.1) is 0 Å². The SMILES string of the molecule is CC1CCC2(CC1)NC(=O)N(NC(=O)COC(=O)/C=C/c1ccc(F)cc1)C2=O. The Labute approximate surface area is 167 Å². The standard InChI is InChI=1S/C20H22FN3O5/c1-13-8-10-20(11-9-13)18(27)24(19(28)22-20)23-16(25)12-29-17(26)7-4-14-2-5-15(21)6-3-14/h2-7,13H,8-12H2,1H3,(H,22,28)(H,23,25)/b7-4+. The Morgan fingerprint density at radius 2 is 1.93 bits per heavy atom. The molecule has 9 heteroatoms. The molecule has 29 heavy (non-hydrogen) atoms. The van der Waals surface area contributed by atoms with E-state index in [1.54, 1.807) is 0 Å². The molecular weight excluding hydrogens is 381 g/mol. The lowest BCUT2D eigenvalue weighted by Gasteiger charge is -2.33. The average molecular weight is 403 g/mol. The molecule has 1 aliphatic carbocycles. The number of nitrogens with zero attached hydrogens (tertiary/aromatic N) is 1. The van der Waals surface area contributed by atoms with Gasteiger partial charge in [0.1, 0.15) is 11.4 Å². The molecule has 2 N–H and O–H groups in total. The summed E-state index contributed by atoms with van der Waals surface area (Å²) < 4.78 is 17.6. The van der Waals surface area contributed by atoms with E-state index in [2.05, 4.69) is 17.7 Å². The van der Waals surface area contributed by atoms with E-state index < -0.39 is 41.8 Å². The average Bonchev–Trinajstić information content (AvgIpc) is 2.92. The summed E-state index contributed by atoms with van der Waals surface area (Å²) in [6, 6.07) is 4.75. The van der Waals surface area contributed by atoms with Crippen molar-refractivity contribution < 1.29 is 28.3 Å². The van der Waals surface area contributed by atoms with E-state index in [1.807, 2.05) is 0 Å². The summed E-state index contributed by atoms with van der Waals surface area (Å²) in [7, 11) is 0. The Balaban J connectivity index is 1.49. The molecule has 2 fully saturated rings. The van der Waals surface area contributed by atoms with E-state index in [9.17, 15) is 23.6 Å². The zero-order valence-corrected chi connectivity index (χ0v) is 15.9. The molecule has 154 valence electrons. The quantitative estimate of drug-likeness (QED) is 0.444. The van der Waals surface area contributed by atoms with Gasteiger partial charge in [0.2, 0.25) is 0 Å². The van der Waals surface area contributed by atoms with E-state index in [0.29, 0.717) is 29.3 Å². The molecule has 0 bridgehead atoms. The first kappa shape index (κ1) is 20.5. The lowest BCUT2D eigenvalue weighted by molar-refractivity contribution is -0.147. The second-order valence-electron chi connectivity index (χ2n) is 7.36. The fourth-order valence-electron chi connectivity index (χ4n) is 3.40. The maximum absolute atomic E-state index is 12.8. The van der Waals surface area contributed by atoms with Crippen LogP contribution < -0.4 is 10.7 Å². The number of nitrogens with one attached hydrogen (secondary N) is 2. The molecule has 0 radical (unpaired) electrons. The largest absolute Gasteiger partial charge is 0.452 e. The first-order chi connectivity index (χ1) is 13.8. The zero-order valence-electron chi connectivity index (χ0n) is 15.9. The monoisotopic (exact) mass is 403 g/mol. The van der Waals surface area contributed by atoms with Gasteiger partial charge in [-0.15, -0.1) is 0 Å². The third-order valence-electron chi connectivity index (χ3n) is 5.15. The number of halogens is 1. The molecule has 1 spiro atoms. The van der Waals surface area contributed by atoms with Gasteiger partial charge in [-0.2, -0.15) is 5.01 Å². The number of hydrogen-bond acceptors (Lipinski definition) is 5. The smallest absolute Gasteiger partial charge is 0.344 e. The van der Waals surface area contributed by atoms with Crippen molar-refractivity contribution in [1.82, 2.24) is 15.8 Å². The normalized spacial score (nSPS) is 24.1. The molecular formula is C20H22FN3O5. The van der Waals surface area contributed by atoms with Crippen LogP contribution in [0.5, 0.6) is 0 Å². The molecule has 0 atom stereocenters. The van der Waals surface area contributed by atoms with Gasteiger partial charge in [-0.1, -0.05) is 19.1 Å². The molecule has 1 saturated carbocycles. The van der Waals surface area contributed by atoms with Crippen LogP contribution in [0.15, 0.2) is 30.3 Å². The van der Waals surface area contributed by atoms with E-state index in [1.165, 1.54) is 30.3 Å². The number of hydrogen-bond donors (Lipinski definition) is 2. The van der Waals surface area contributed by atoms with Crippen LogP contribution in [-0.4, -0.2) is 41.0 Å². The van der Waals surface area contributed by atoms with Crippen molar-refractivity contribution in [2.75, 3.05) is 6.61 Å². The maximum atomic E-state index is 12.8. The van der Waals surface area contributed by atoms with Crippen molar-refractivity contribution in [2.45, 2.75) is 38.1 Å². The predicted molar refractivity (Wildman–Crippen MR) is 100 cm³/mol. The number of carbonyl (C=O) groups excluding carboxylic acids is 4. The molecule has 1 aliphatic heterocycles. The highest BCUT2D eigenvalue weighted by Crippen LogP contribution is 2.35. The molecule has 3 rings (SSSR count). The molecule has 0 unspecified atom stereocenters. The fraction of sp³-hybridized carbons (Fsp3) is 0.400. The van der Waals surface area contributed by atoms with Gasteiger partial charge < -0.3 is 10.1 Å². The van der Waals surface area contributed by atoms with Gasteiger partial charge in [0, 0.05) is 6.08 Å². The van der Waals surface area contributed by atoms with Crippen molar-refractivity contribution in [2.24, 2.45) is 5.92 Å².